The van der Waals surface area contributed by atoms with E-state index in [1.165, 1.54) is 0 Å². The lowest BCUT2D eigenvalue weighted by atomic mass is 10.1. The van der Waals surface area contributed by atoms with Crippen LogP contribution in [0.4, 0.5) is 0 Å². The maximum Gasteiger partial charge on any atom is 0.0952 e. The molecule has 0 fully saturated rings. The topological polar surface area (TPSA) is 50.7 Å². The average molecular weight is 307 g/mol. The van der Waals surface area contributed by atoms with E-state index in [2.05, 4.69) is 43.1 Å². The molecule has 2 aromatic heterocycles. The fourth-order valence-electron chi connectivity index (χ4n) is 1.70. The molecule has 0 bridgehead atoms. The molecule has 0 radical (unpaired) electrons. The van der Waals surface area contributed by atoms with Crippen LogP contribution in [0.15, 0.2) is 41.4 Å². The van der Waals surface area contributed by atoms with Gasteiger partial charge in [-0.15, -0.1) is 0 Å². The summed E-state index contributed by atoms with van der Waals surface area (Å²) >= 11 is 3.54. The van der Waals surface area contributed by atoms with E-state index in [1.54, 1.807) is 24.8 Å². The molecule has 2 heterocycles. The summed E-state index contributed by atoms with van der Waals surface area (Å²) in [5, 5.41) is 3.45. The molecule has 1 atom stereocenters. The van der Waals surface area contributed by atoms with Gasteiger partial charge < -0.3 is 5.32 Å². The van der Waals surface area contributed by atoms with E-state index >= 15 is 0 Å². The van der Waals surface area contributed by atoms with Crippen molar-refractivity contribution in [2.24, 2.45) is 0 Å². The lowest BCUT2D eigenvalue weighted by Crippen LogP contribution is -2.25. The SMILES string of the molecule is CCCNC(c1cnccn1)c1ncccc1Br. The number of hydrogen-bond acceptors (Lipinski definition) is 4. The van der Waals surface area contributed by atoms with Gasteiger partial charge in [-0.05, 0) is 41.0 Å². The fourth-order valence-corrected chi connectivity index (χ4v) is 2.18. The Labute approximate surface area is 115 Å². The molecular formula is C13H15BrN4. The number of halogens is 1. The van der Waals surface area contributed by atoms with Gasteiger partial charge in [-0.25, -0.2) is 0 Å². The third-order valence-corrected chi connectivity index (χ3v) is 3.21. The van der Waals surface area contributed by atoms with Crippen LogP contribution in [0.25, 0.3) is 0 Å². The number of pyridine rings is 1. The highest BCUT2D eigenvalue weighted by atomic mass is 79.9. The van der Waals surface area contributed by atoms with Crippen LogP contribution in [-0.4, -0.2) is 21.5 Å². The summed E-state index contributed by atoms with van der Waals surface area (Å²) in [4.78, 5) is 12.9. The van der Waals surface area contributed by atoms with E-state index in [4.69, 9.17) is 0 Å². The summed E-state index contributed by atoms with van der Waals surface area (Å²) in [5.74, 6) is 0. The van der Waals surface area contributed by atoms with Crippen molar-refractivity contribution in [3.63, 3.8) is 0 Å². The summed E-state index contributed by atoms with van der Waals surface area (Å²) in [6, 6.07) is 3.86. The Morgan fingerprint density at radius 2 is 2.17 bits per heavy atom. The second-order valence-electron chi connectivity index (χ2n) is 3.89. The summed E-state index contributed by atoms with van der Waals surface area (Å²) in [5.41, 5.74) is 1.82. The number of nitrogens with one attached hydrogen (secondary N) is 1. The third kappa shape index (κ3) is 3.11. The van der Waals surface area contributed by atoms with Crippen molar-refractivity contribution in [3.05, 3.63) is 52.8 Å². The van der Waals surface area contributed by atoms with Crippen molar-refractivity contribution in [1.82, 2.24) is 20.3 Å². The maximum absolute atomic E-state index is 4.43. The number of rotatable bonds is 5. The van der Waals surface area contributed by atoms with Crippen LogP contribution in [0.3, 0.4) is 0 Å². The molecule has 0 amide bonds. The Morgan fingerprint density at radius 1 is 1.28 bits per heavy atom. The first kappa shape index (κ1) is 13.1. The Morgan fingerprint density at radius 3 is 2.83 bits per heavy atom. The normalized spacial score (nSPS) is 12.3. The van der Waals surface area contributed by atoms with Crippen LogP contribution in [0.1, 0.15) is 30.8 Å². The van der Waals surface area contributed by atoms with Gasteiger partial charge in [-0.1, -0.05) is 6.92 Å². The van der Waals surface area contributed by atoms with Gasteiger partial charge in [0.2, 0.25) is 0 Å². The van der Waals surface area contributed by atoms with E-state index in [9.17, 15) is 0 Å². The highest BCUT2D eigenvalue weighted by Crippen LogP contribution is 2.24. The predicted molar refractivity (Wildman–Crippen MR) is 74.1 cm³/mol. The number of nitrogens with zero attached hydrogens (tertiary/aromatic N) is 3. The molecule has 0 aromatic carbocycles. The summed E-state index contributed by atoms with van der Waals surface area (Å²) in [7, 11) is 0. The monoisotopic (exact) mass is 306 g/mol. The van der Waals surface area contributed by atoms with Crippen molar-refractivity contribution in [1.29, 1.82) is 0 Å². The van der Waals surface area contributed by atoms with Crippen LogP contribution in [-0.2, 0) is 0 Å². The summed E-state index contributed by atoms with van der Waals surface area (Å²) in [6.07, 6.45) is 7.99. The Hall–Kier alpha value is -1.33. The standard InChI is InChI=1S/C13H15BrN4/c1-2-5-17-13(11-9-15-7-8-16-11)12-10(14)4-3-6-18-12/h3-4,6-9,13,17H,2,5H2,1H3. The van der Waals surface area contributed by atoms with Crippen molar-refractivity contribution in [3.8, 4) is 0 Å². The lowest BCUT2D eigenvalue weighted by Gasteiger charge is -2.18. The van der Waals surface area contributed by atoms with Gasteiger partial charge in [0.05, 0.1) is 23.6 Å². The molecule has 94 valence electrons. The average Bonchev–Trinajstić information content (AvgIpc) is 2.42. The Kier molecular flexibility index (Phi) is 4.78. The first-order chi connectivity index (χ1) is 8.83. The van der Waals surface area contributed by atoms with Crippen LogP contribution in [0.2, 0.25) is 0 Å². The number of aromatic nitrogens is 3. The van der Waals surface area contributed by atoms with Crippen LogP contribution < -0.4 is 5.32 Å². The minimum atomic E-state index is -0.0331. The van der Waals surface area contributed by atoms with E-state index in [0.717, 1.165) is 28.8 Å². The number of hydrogen-bond donors (Lipinski definition) is 1. The van der Waals surface area contributed by atoms with Crippen molar-refractivity contribution in [2.45, 2.75) is 19.4 Å². The van der Waals surface area contributed by atoms with Gasteiger partial charge >= 0.3 is 0 Å². The maximum atomic E-state index is 4.43. The molecule has 1 unspecified atom stereocenters. The zero-order valence-electron chi connectivity index (χ0n) is 10.2. The molecular weight excluding hydrogens is 292 g/mol. The van der Waals surface area contributed by atoms with Gasteiger partial charge in [0.25, 0.3) is 0 Å². The molecule has 18 heavy (non-hydrogen) atoms. The molecule has 0 spiro atoms. The molecule has 5 heteroatoms. The van der Waals surface area contributed by atoms with Crippen molar-refractivity contribution < 1.29 is 0 Å². The smallest absolute Gasteiger partial charge is 0.0952 e. The second kappa shape index (κ2) is 6.56. The lowest BCUT2D eigenvalue weighted by molar-refractivity contribution is 0.570. The molecule has 2 rings (SSSR count). The van der Waals surface area contributed by atoms with E-state index in [-0.39, 0.29) is 6.04 Å². The highest BCUT2D eigenvalue weighted by Gasteiger charge is 2.18. The Bertz CT molecular complexity index is 489. The van der Waals surface area contributed by atoms with Gasteiger partial charge in [0.15, 0.2) is 0 Å². The summed E-state index contributed by atoms with van der Waals surface area (Å²) < 4.78 is 0.976. The third-order valence-electron chi connectivity index (χ3n) is 2.54. The van der Waals surface area contributed by atoms with E-state index in [1.807, 2.05) is 12.1 Å². The highest BCUT2D eigenvalue weighted by molar-refractivity contribution is 9.10. The van der Waals surface area contributed by atoms with Crippen LogP contribution in [0, 0.1) is 0 Å². The molecule has 4 nitrogen and oxygen atoms in total. The zero-order valence-corrected chi connectivity index (χ0v) is 11.8. The minimum absolute atomic E-state index is 0.0331. The van der Waals surface area contributed by atoms with Gasteiger partial charge in [0, 0.05) is 23.1 Å². The quantitative estimate of drug-likeness (QED) is 0.923. The van der Waals surface area contributed by atoms with Gasteiger partial charge in [0.1, 0.15) is 0 Å². The van der Waals surface area contributed by atoms with Crippen LogP contribution >= 0.6 is 15.9 Å². The van der Waals surface area contributed by atoms with E-state index in [0.29, 0.717) is 0 Å². The first-order valence-electron chi connectivity index (χ1n) is 5.92. The molecule has 2 aromatic rings. The van der Waals surface area contributed by atoms with E-state index < -0.39 is 0 Å². The molecule has 1 N–H and O–H groups in total. The zero-order chi connectivity index (χ0) is 12.8. The predicted octanol–water partition coefficient (Wildman–Crippen LogP) is 2.72. The van der Waals surface area contributed by atoms with Crippen LogP contribution in [0.5, 0.6) is 0 Å². The van der Waals surface area contributed by atoms with Gasteiger partial charge in [-0.2, -0.15) is 0 Å². The largest absolute Gasteiger partial charge is 0.304 e. The summed E-state index contributed by atoms with van der Waals surface area (Å²) in [6.45, 7) is 3.04. The fraction of sp³-hybridized carbons (Fsp3) is 0.308. The molecule has 0 aliphatic carbocycles. The van der Waals surface area contributed by atoms with Crippen molar-refractivity contribution >= 4 is 15.9 Å². The van der Waals surface area contributed by atoms with Gasteiger partial charge in [-0.3, -0.25) is 15.0 Å². The molecule has 0 aliphatic rings. The first-order valence-corrected chi connectivity index (χ1v) is 6.72. The second-order valence-corrected chi connectivity index (χ2v) is 4.74. The van der Waals surface area contributed by atoms with Crippen molar-refractivity contribution in [2.75, 3.05) is 6.54 Å². The molecule has 0 saturated heterocycles. The molecule has 0 saturated carbocycles. The Balaban J connectivity index is 2.34. The minimum Gasteiger partial charge on any atom is -0.304 e. The molecule has 0 aliphatic heterocycles.